The quantitative estimate of drug-likeness (QED) is 0.907. The van der Waals surface area contributed by atoms with Crippen molar-refractivity contribution < 1.29 is 4.79 Å². The van der Waals surface area contributed by atoms with Gasteiger partial charge in [0.05, 0.1) is 5.69 Å². The number of aryl methyl sites for hydroxylation is 1. The van der Waals surface area contributed by atoms with E-state index < -0.39 is 0 Å². The molecule has 1 amide bonds. The summed E-state index contributed by atoms with van der Waals surface area (Å²) in [5.74, 6) is -0.0221. The van der Waals surface area contributed by atoms with E-state index in [0.29, 0.717) is 4.88 Å². The molecule has 1 fully saturated rings. The Hall–Kier alpha value is -1.54. The monoisotopic (exact) mass is 337 g/mol. The number of piperidine rings is 1. The molecule has 0 spiro atoms. The van der Waals surface area contributed by atoms with Crippen LogP contribution in [0.25, 0.3) is 0 Å². The van der Waals surface area contributed by atoms with Gasteiger partial charge in [-0.1, -0.05) is 17.8 Å². The molecule has 0 unspecified atom stereocenters. The number of nitrogens with zero attached hydrogens (tertiary/aromatic N) is 4. The van der Waals surface area contributed by atoms with Crippen LogP contribution in [0.3, 0.4) is 0 Å². The molecule has 2 aromatic heterocycles. The minimum absolute atomic E-state index is 0.0221. The Kier molecular flexibility index (Phi) is 4.99. The van der Waals surface area contributed by atoms with Crippen molar-refractivity contribution in [3.05, 3.63) is 22.1 Å². The maximum absolute atomic E-state index is 12.4. The predicted molar refractivity (Wildman–Crippen MR) is 88.7 cm³/mol. The van der Waals surface area contributed by atoms with Gasteiger partial charge in [0.2, 0.25) is 0 Å². The fourth-order valence-electron chi connectivity index (χ4n) is 2.62. The number of carbonyl (C=O) groups excluding carboxylic acids is 1. The lowest BCUT2D eigenvalue weighted by Gasteiger charge is -2.32. The largest absolute Gasteiger partial charge is 0.348 e. The number of rotatable bonds is 5. The predicted octanol–water partition coefficient (Wildman–Crippen LogP) is 2.35. The molecule has 6 nitrogen and oxygen atoms in total. The van der Waals surface area contributed by atoms with Gasteiger partial charge in [0.1, 0.15) is 4.88 Å². The maximum atomic E-state index is 12.4. The van der Waals surface area contributed by atoms with E-state index in [4.69, 9.17) is 0 Å². The number of anilines is 1. The Bertz CT molecular complexity index is 605. The van der Waals surface area contributed by atoms with Crippen molar-refractivity contribution >= 4 is 33.9 Å². The van der Waals surface area contributed by atoms with Crippen molar-refractivity contribution in [2.24, 2.45) is 0 Å². The molecule has 1 saturated heterocycles. The smallest absolute Gasteiger partial charge is 0.265 e. The molecule has 0 radical (unpaired) electrons. The van der Waals surface area contributed by atoms with E-state index >= 15 is 0 Å². The molecule has 3 heterocycles. The number of aromatic nitrogens is 3. The van der Waals surface area contributed by atoms with Crippen LogP contribution in [0.2, 0.25) is 0 Å². The van der Waals surface area contributed by atoms with Gasteiger partial charge >= 0.3 is 0 Å². The summed E-state index contributed by atoms with van der Waals surface area (Å²) in [7, 11) is 0. The Labute approximate surface area is 137 Å². The van der Waals surface area contributed by atoms with Crippen LogP contribution < -0.4 is 10.2 Å². The summed E-state index contributed by atoms with van der Waals surface area (Å²) in [6, 6.07) is 0.222. The Balaban J connectivity index is 1.54. The zero-order valence-electron chi connectivity index (χ0n) is 12.5. The average molecular weight is 337 g/mol. The topological polar surface area (TPSA) is 71.0 Å². The standard InChI is InChI=1S/C14H19N5OS2/c1-2-3-11-12(22-18-17-11)13(20)16-10-4-7-19(8-5-10)14-15-6-9-21-14/h6,9-10H,2-5,7-8H2,1H3,(H,16,20). The zero-order valence-corrected chi connectivity index (χ0v) is 14.1. The third-order valence-electron chi connectivity index (χ3n) is 3.77. The van der Waals surface area contributed by atoms with E-state index in [2.05, 4.69) is 31.7 Å². The molecule has 0 aromatic carbocycles. The van der Waals surface area contributed by atoms with Crippen molar-refractivity contribution in [3.63, 3.8) is 0 Å². The molecule has 22 heavy (non-hydrogen) atoms. The van der Waals surface area contributed by atoms with Crippen molar-refractivity contribution in [3.8, 4) is 0 Å². The number of amides is 1. The minimum Gasteiger partial charge on any atom is -0.348 e. The highest BCUT2D eigenvalue weighted by atomic mass is 32.1. The first-order valence-corrected chi connectivity index (χ1v) is 9.19. The van der Waals surface area contributed by atoms with Crippen LogP contribution in [0.5, 0.6) is 0 Å². The second-order valence-corrected chi connectivity index (χ2v) is 6.98. The van der Waals surface area contributed by atoms with Crippen LogP contribution in [0.15, 0.2) is 11.6 Å². The normalized spacial score (nSPS) is 16.0. The van der Waals surface area contributed by atoms with Gasteiger partial charge in [0.25, 0.3) is 5.91 Å². The summed E-state index contributed by atoms with van der Waals surface area (Å²) in [6.45, 7) is 3.94. The lowest BCUT2D eigenvalue weighted by Crippen LogP contribution is -2.44. The molecule has 1 aliphatic heterocycles. The number of nitrogens with one attached hydrogen (secondary N) is 1. The third kappa shape index (κ3) is 3.44. The van der Waals surface area contributed by atoms with Crippen LogP contribution in [-0.4, -0.2) is 39.6 Å². The summed E-state index contributed by atoms with van der Waals surface area (Å²) in [5, 5.41) is 10.3. The molecule has 2 aromatic rings. The summed E-state index contributed by atoms with van der Waals surface area (Å²) in [5.41, 5.74) is 0.824. The van der Waals surface area contributed by atoms with Crippen LogP contribution in [0.1, 0.15) is 41.6 Å². The number of carbonyl (C=O) groups is 1. The van der Waals surface area contributed by atoms with Gasteiger partial charge in [-0.25, -0.2) is 4.98 Å². The van der Waals surface area contributed by atoms with E-state index in [1.165, 1.54) is 11.5 Å². The Morgan fingerprint density at radius 3 is 2.95 bits per heavy atom. The SMILES string of the molecule is CCCc1nnsc1C(=O)NC1CCN(c2nccs2)CC1. The zero-order chi connectivity index (χ0) is 15.4. The molecule has 1 aliphatic rings. The summed E-state index contributed by atoms with van der Waals surface area (Å²) in [4.78, 5) is 19.7. The van der Waals surface area contributed by atoms with Crippen molar-refractivity contribution in [1.82, 2.24) is 19.9 Å². The van der Waals surface area contributed by atoms with Gasteiger partial charge in [0.15, 0.2) is 5.13 Å². The molecule has 0 bridgehead atoms. The van der Waals surface area contributed by atoms with Gasteiger partial charge in [-0.05, 0) is 30.8 Å². The molecule has 0 atom stereocenters. The molecular formula is C14H19N5OS2. The van der Waals surface area contributed by atoms with Crippen LogP contribution in [-0.2, 0) is 6.42 Å². The molecule has 3 rings (SSSR count). The first-order chi connectivity index (χ1) is 10.8. The van der Waals surface area contributed by atoms with Crippen molar-refractivity contribution in [2.45, 2.75) is 38.6 Å². The van der Waals surface area contributed by atoms with E-state index in [1.807, 2.05) is 11.6 Å². The van der Waals surface area contributed by atoms with Crippen molar-refractivity contribution in [1.29, 1.82) is 0 Å². The minimum atomic E-state index is -0.0221. The first kappa shape index (κ1) is 15.4. The first-order valence-electron chi connectivity index (χ1n) is 7.54. The number of hydrogen-bond acceptors (Lipinski definition) is 7. The molecular weight excluding hydrogens is 318 g/mol. The van der Waals surface area contributed by atoms with Gasteiger partial charge in [-0.3, -0.25) is 4.79 Å². The Morgan fingerprint density at radius 2 is 2.27 bits per heavy atom. The second kappa shape index (κ2) is 7.15. The van der Waals surface area contributed by atoms with Crippen LogP contribution >= 0.6 is 22.9 Å². The van der Waals surface area contributed by atoms with Gasteiger partial charge in [-0.15, -0.1) is 16.4 Å². The third-order valence-corrected chi connectivity index (χ3v) is 5.37. The van der Waals surface area contributed by atoms with E-state index in [0.717, 1.165) is 49.6 Å². The van der Waals surface area contributed by atoms with E-state index in [-0.39, 0.29) is 11.9 Å². The van der Waals surface area contributed by atoms with E-state index in [1.54, 1.807) is 11.3 Å². The fourth-order valence-corrected chi connectivity index (χ4v) is 3.93. The second-order valence-electron chi connectivity index (χ2n) is 5.35. The van der Waals surface area contributed by atoms with Crippen molar-refractivity contribution in [2.75, 3.05) is 18.0 Å². The molecule has 8 heteroatoms. The number of hydrogen-bond donors (Lipinski definition) is 1. The van der Waals surface area contributed by atoms with Gasteiger partial charge in [-0.2, -0.15) is 0 Å². The lowest BCUT2D eigenvalue weighted by molar-refractivity contribution is 0.0934. The highest BCUT2D eigenvalue weighted by Gasteiger charge is 2.24. The average Bonchev–Trinajstić information content (AvgIpc) is 3.19. The molecule has 0 aliphatic carbocycles. The molecule has 1 N–H and O–H groups in total. The molecule has 118 valence electrons. The maximum Gasteiger partial charge on any atom is 0.265 e. The summed E-state index contributed by atoms with van der Waals surface area (Å²) >= 11 is 2.86. The van der Waals surface area contributed by atoms with E-state index in [9.17, 15) is 4.79 Å². The lowest BCUT2D eigenvalue weighted by atomic mass is 10.1. The Morgan fingerprint density at radius 1 is 1.45 bits per heavy atom. The highest BCUT2D eigenvalue weighted by molar-refractivity contribution is 7.13. The van der Waals surface area contributed by atoms with Crippen LogP contribution in [0, 0.1) is 0 Å². The highest BCUT2D eigenvalue weighted by Crippen LogP contribution is 2.22. The van der Waals surface area contributed by atoms with Crippen LogP contribution in [0.4, 0.5) is 5.13 Å². The van der Waals surface area contributed by atoms with Gasteiger partial charge < -0.3 is 10.2 Å². The fraction of sp³-hybridized carbons (Fsp3) is 0.571. The van der Waals surface area contributed by atoms with Gasteiger partial charge in [0, 0.05) is 30.7 Å². The molecule has 0 saturated carbocycles. The summed E-state index contributed by atoms with van der Waals surface area (Å²) in [6.07, 6.45) is 5.50. The summed E-state index contributed by atoms with van der Waals surface area (Å²) < 4.78 is 3.92. The number of thiazole rings is 1.